The average molecular weight is 237 g/mol. The summed E-state index contributed by atoms with van der Waals surface area (Å²) in [7, 11) is 0. The SMILES string of the molecule is CC(C)CCNC(=O)CCc1ccc(F)cc1. The van der Waals surface area contributed by atoms with Crippen LogP contribution < -0.4 is 5.32 Å². The van der Waals surface area contributed by atoms with Crippen LogP contribution in [0.4, 0.5) is 4.39 Å². The molecule has 0 fully saturated rings. The maximum Gasteiger partial charge on any atom is 0.220 e. The molecule has 0 aliphatic carbocycles. The number of hydrogen-bond donors (Lipinski definition) is 1. The van der Waals surface area contributed by atoms with Crippen molar-refractivity contribution in [3.05, 3.63) is 35.6 Å². The first kappa shape index (κ1) is 13.7. The first-order valence-corrected chi connectivity index (χ1v) is 6.09. The van der Waals surface area contributed by atoms with Crippen molar-refractivity contribution in [1.29, 1.82) is 0 Å². The highest BCUT2D eigenvalue weighted by molar-refractivity contribution is 5.76. The summed E-state index contributed by atoms with van der Waals surface area (Å²) in [4.78, 5) is 11.5. The van der Waals surface area contributed by atoms with E-state index in [4.69, 9.17) is 0 Å². The summed E-state index contributed by atoms with van der Waals surface area (Å²) in [6, 6.07) is 6.28. The van der Waals surface area contributed by atoms with Crippen molar-refractivity contribution in [3.8, 4) is 0 Å². The van der Waals surface area contributed by atoms with Crippen LogP contribution in [0.25, 0.3) is 0 Å². The predicted molar refractivity (Wildman–Crippen MR) is 67.2 cm³/mol. The monoisotopic (exact) mass is 237 g/mol. The molecule has 0 unspecified atom stereocenters. The molecule has 1 amide bonds. The zero-order valence-electron chi connectivity index (χ0n) is 10.5. The lowest BCUT2D eigenvalue weighted by Crippen LogP contribution is -2.25. The van der Waals surface area contributed by atoms with Crippen LogP contribution in [0.3, 0.4) is 0 Å². The van der Waals surface area contributed by atoms with E-state index in [9.17, 15) is 9.18 Å². The normalized spacial score (nSPS) is 10.6. The molecule has 0 aliphatic rings. The number of rotatable bonds is 6. The van der Waals surface area contributed by atoms with Gasteiger partial charge in [-0.3, -0.25) is 4.79 Å². The first-order valence-electron chi connectivity index (χ1n) is 6.09. The Morgan fingerprint density at radius 3 is 2.53 bits per heavy atom. The number of benzene rings is 1. The molecule has 1 aromatic carbocycles. The van der Waals surface area contributed by atoms with Gasteiger partial charge in [0.15, 0.2) is 0 Å². The number of halogens is 1. The topological polar surface area (TPSA) is 29.1 Å². The van der Waals surface area contributed by atoms with E-state index in [0.717, 1.165) is 18.5 Å². The number of aryl methyl sites for hydroxylation is 1. The van der Waals surface area contributed by atoms with Crippen LogP contribution in [0, 0.1) is 11.7 Å². The molecule has 1 aromatic rings. The Labute approximate surface area is 102 Å². The van der Waals surface area contributed by atoms with Crippen molar-refractivity contribution in [2.75, 3.05) is 6.54 Å². The number of carbonyl (C=O) groups excluding carboxylic acids is 1. The second-order valence-corrected chi connectivity index (χ2v) is 4.66. The van der Waals surface area contributed by atoms with Crippen LogP contribution in [-0.2, 0) is 11.2 Å². The van der Waals surface area contributed by atoms with Crippen LogP contribution in [0.5, 0.6) is 0 Å². The first-order chi connectivity index (χ1) is 8.08. The highest BCUT2D eigenvalue weighted by atomic mass is 19.1. The van der Waals surface area contributed by atoms with Crippen molar-refractivity contribution in [2.24, 2.45) is 5.92 Å². The molecule has 1 N–H and O–H groups in total. The standard InChI is InChI=1S/C14H20FNO/c1-11(2)9-10-16-14(17)8-5-12-3-6-13(15)7-4-12/h3-4,6-7,11H,5,8-10H2,1-2H3,(H,16,17). The van der Waals surface area contributed by atoms with Crippen molar-refractivity contribution in [2.45, 2.75) is 33.1 Å². The van der Waals surface area contributed by atoms with Crippen LogP contribution in [0.1, 0.15) is 32.3 Å². The summed E-state index contributed by atoms with van der Waals surface area (Å²) >= 11 is 0. The minimum absolute atomic E-state index is 0.0648. The molecular formula is C14H20FNO. The maximum absolute atomic E-state index is 12.6. The lowest BCUT2D eigenvalue weighted by molar-refractivity contribution is -0.121. The molecule has 0 aromatic heterocycles. The minimum atomic E-state index is -0.241. The number of carbonyl (C=O) groups is 1. The molecule has 0 atom stereocenters. The van der Waals surface area contributed by atoms with E-state index >= 15 is 0 Å². The zero-order chi connectivity index (χ0) is 12.7. The fourth-order valence-corrected chi connectivity index (χ4v) is 1.50. The second-order valence-electron chi connectivity index (χ2n) is 4.66. The third-order valence-electron chi connectivity index (χ3n) is 2.60. The quantitative estimate of drug-likeness (QED) is 0.809. The van der Waals surface area contributed by atoms with Gasteiger partial charge in [0.2, 0.25) is 5.91 Å². The van der Waals surface area contributed by atoms with E-state index in [2.05, 4.69) is 19.2 Å². The Bertz CT molecular complexity index is 346. The Kier molecular flexibility index (Phi) is 5.67. The summed E-state index contributed by atoms with van der Waals surface area (Å²) in [6.45, 7) is 5.00. The van der Waals surface area contributed by atoms with Crippen molar-refractivity contribution in [3.63, 3.8) is 0 Å². The Balaban J connectivity index is 2.21. The minimum Gasteiger partial charge on any atom is -0.356 e. The largest absolute Gasteiger partial charge is 0.356 e. The fraction of sp³-hybridized carbons (Fsp3) is 0.500. The third-order valence-corrected chi connectivity index (χ3v) is 2.60. The predicted octanol–water partition coefficient (Wildman–Crippen LogP) is 2.92. The molecule has 0 spiro atoms. The number of hydrogen-bond acceptors (Lipinski definition) is 1. The van der Waals surface area contributed by atoms with Gasteiger partial charge in [-0.2, -0.15) is 0 Å². The van der Waals surface area contributed by atoms with E-state index in [1.54, 1.807) is 12.1 Å². The Hall–Kier alpha value is -1.38. The third kappa shape index (κ3) is 6.05. The van der Waals surface area contributed by atoms with Crippen LogP contribution in [-0.4, -0.2) is 12.5 Å². The van der Waals surface area contributed by atoms with Crippen molar-refractivity contribution < 1.29 is 9.18 Å². The van der Waals surface area contributed by atoms with Crippen LogP contribution in [0.2, 0.25) is 0 Å². The van der Waals surface area contributed by atoms with Gasteiger partial charge in [0.25, 0.3) is 0 Å². The maximum atomic E-state index is 12.6. The molecule has 17 heavy (non-hydrogen) atoms. The van der Waals surface area contributed by atoms with E-state index in [1.807, 2.05) is 0 Å². The zero-order valence-corrected chi connectivity index (χ0v) is 10.5. The summed E-state index contributed by atoms with van der Waals surface area (Å²) in [5, 5.41) is 2.88. The van der Waals surface area contributed by atoms with Gasteiger partial charge >= 0.3 is 0 Å². The van der Waals surface area contributed by atoms with Gasteiger partial charge in [-0.1, -0.05) is 26.0 Å². The lowest BCUT2D eigenvalue weighted by Gasteiger charge is -2.07. The van der Waals surface area contributed by atoms with Gasteiger partial charge in [-0.15, -0.1) is 0 Å². The molecular weight excluding hydrogens is 217 g/mol. The van der Waals surface area contributed by atoms with E-state index in [-0.39, 0.29) is 11.7 Å². The summed E-state index contributed by atoms with van der Waals surface area (Å²) in [5.74, 6) is 0.428. The van der Waals surface area contributed by atoms with Crippen LogP contribution >= 0.6 is 0 Å². The molecule has 2 nitrogen and oxygen atoms in total. The van der Waals surface area contributed by atoms with Crippen molar-refractivity contribution >= 4 is 5.91 Å². The molecule has 1 rings (SSSR count). The second kappa shape index (κ2) is 7.05. The van der Waals surface area contributed by atoms with Gasteiger partial charge in [0.05, 0.1) is 0 Å². The smallest absolute Gasteiger partial charge is 0.220 e. The molecule has 0 saturated carbocycles. The molecule has 94 valence electrons. The average Bonchev–Trinajstić information content (AvgIpc) is 2.28. The van der Waals surface area contributed by atoms with Crippen LogP contribution in [0.15, 0.2) is 24.3 Å². The number of amides is 1. The van der Waals surface area contributed by atoms with Gasteiger partial charge in [0.1, 0.15) is 5.82 Å². The van der Waals surface area contributed by atoms with Gasteiger partial charge < -0.3 is 5.32 Å². The van der Waals surface area contributed by atoms with Gasteiger partial charge in [-0.25, -0.2) is 4.39 Å². The van der Waals surface area contributed by atoms with E-state index in [0.29, 0.717) is 18.8 Å². The highest BCUT2D eigenvalue weighted by Gasteiger charge is 2.02. The van der Waals surface area contributed by atoms with Crippen molar-refractivity contribution in [1.82, 2.24) is 5.32 Å². The molecule has 0 saturated heterocycles. The molecule has 0 aliphatic heterocycles. The summed E-state index contributed by atoms with van der Waals surface area (Å²) in [5.41, 5.74) is 0.991. The number of nitrogens with one attached hydrogen (secondary N) is 1. The molecule has 3 heteroatoms. The lowest BCUT2D eigenvalue weighted by atomic mass is 10.1. The summed E-state index contributed by atoms with van der Waals surface area (Å²) in [6.07, 6.45) is 2.12. The Morgan fingerprint density at radius 2 is 1.94 bits per heavy atom. The van der Waals surface area contributed by atoms with E-state index < -0.39 is 0 Å². The molecule has 0 bridgehead atoms. The van der Waals surface area contributed by atoms with Gasteiger partial charge in [0, 0.05) is 13.0 Å². The summed E-state index contributed by atoms with van der Waals surface area (Å²) < 4.78 is 12.6. The Morgan fingerprint density at radius 1 is 1.29 bits per heavy atom. The van der Waals surface area contributed by atoms with E-state index in [1.165, 1.54) is 12.1 Å². The molecule has 0 radical (unpaired) electrons. The highest BCUT2D eigenvalue weighted by Crippen LogP contribution is 2.05. The molecule has 0 heterocycles. The van der Waals surface area contributed by atoms with Gasteiger partial charge in [-0.05, 0) is 36.5 Å². The fourth-order valence-electron chi connectivity index (χ4n) is 1.50.